The van der Waals surface area contributed by atoms with E-state index in [2.05, 4.69) is 15.5 Å². The zero-order valence-electron chi connectivity index (χ0n) is 16.7. The first kappa shape index (κ1) is 19.8. The van der Waals surface area contributed by atoms with Gasteiger partial charge in [0.1, 0.15) is 5.82 Å². The van der Waals surface area contributed by atoms with Gasteiger partial charge in [0.2, 0.25) is 5.91 Å². The third kappa shape index (κ3) is 5.06. The highest BCUT2D eigenvalue weighted by atomic mass is 19.1. The molecular weight excluding hydrogens is 345 g/mol. The molecule has 0 aromatic heterocycles. The smallest absolute Gasteiger partial charge is 0.251 e. The minimum Gasteiger partial charge on any atom is -0.350 e. The lowest BCUT2D eigenvalue weighted by molar-refractivity contribution is -0.124. The topological polar surface area (TPSA) is 61.4 Å². The Labute approximate surface area is 160 Å². The molecule has 1 saturated carbocycles. The lowest BCUT2D eigenvalue weighted by Gasteiger charge is -2.33. The molecule has 1 heterocycles. The van der Waals surface area contributed by atoms with Crippen LogP contribution in [-0.4, -0.2) is 47.9 Å². The molecule has 2 fully saturated rings. The highest BCUT2D eigenvalue weighted by Gasteiger charge is 2.55. The van der Waals surface area contributed by atoms with E-state index in [4.69, 9.17) is 0 Å². The van der Waals surface area contributed by atoms with Gasteiger partial charge in [-0.3, -0.25) is 14.5 Å². The summed E-state index contributed by atoms with van der Waals surface area (Å²) in [7, 11) is 0. The highest BCUT2D eigenvalue weighted by molar-refractivity contribution is 5.94. The van der Waals surface area contributed by atoms with Gasteiger partial charge in [0.05, 0.1) is 6.54 Å². The van der Waals surface area contributed by atoms with Gasteiger partial charge in [-0.25, -0.2) is 4.39 Å². The second kappa shape index (κ2) is 7.23. The predicted octanol–water partition coefficient (Wildman–Crippen LogP) is 2.63. The van der Waals surface area contributed by atoms with Gasteiger partial charge < -0.3 is 10.6 Å². The third-order valence-electron chi connectivity index (χ3n) is 5.53. The first-order valence-electron chi connectivity index (χ1n) is 9.68. The first-order valence-corrected chi connectivity index (χ1v) is 9.68. The van der Waals surface area contributed by atoms with E-state index in [1.54, 1.807) is 13.0 Å². The molecular formula is C21H30FN3O2. The summed E-state index contributed by atoms with van der Waals surface area (Å²) in [6.45, 7) is 9.87. The summed E-state index contributed by atoms with van der Waals surface area (Å²) in [6, 6.07) is 4.57. The summed E-state index contributed by atoms with van der Waals surface area (Å²) in [5, 5.41) is 6.07. The Morgan fingerprint density at radius 1 is 1.22 bits per heavy atom. The van der Waals surface area contributed by atoms with Gasteiger partial charge in [-0.15, -0.1) is 0 Å². The SMILES string of the molecule is Cc1cc(F)cc(C(=O)NC2CC23CCN(CC(=O)NC(C)(C)C)CC3)c1. The Bertz CT molecular complexity index is 713. The summed E-state index contributed by atoms with van der Waals surface area (Å²) in [5.74, 6) is -0.528. The normalized spacial score (nSPS) is 21.7. The van der Waals surface area contributed by atoms with Gasteiger partial charge in [-0.05, 0) is 89.2 Å². The average Bonchev–Trinajstić information content (AvgIpc) is 3.18. The molecule has 2 amide bonds. The minimum atomic E-state index is -0.382. The lowest BCUT2D eigenvalue weighted by atomic mass is 9.92. The zero-order chi connectivity index (χ0) is 19.8. The van der Waals surface area contributed by atoms with Gasteiger partial charge in [0, 0.05) is 17.1 Å². The molecule has 1 aromatic carbocycles. The number of amides is 2. The molecule has 1 unspecified atom stereocenters. The predicted molar refractivity (Wildman–Crippen MR) is 103 cm³/mol. The number of rotatable bonds is 4. The molecule has 2 aliphatic rings. The Kier molecular flexibility index (Phi) is 5.30. The number of carbonyl (C=O) groups is 2. The molecule has 27 heavy (non-hydrogen) atoms. The molecule has 5 nitrogen and oxygen atoms in total. The van der Waals surface area contributed by atoms with Crippen molar-refractivity contribution in [2.75, 3.05) is 19.6 Å². The molecule has 1 spiro atoms. The molecule has 2 N–H and O–H groups in total. The molecule has 3 rings (SSSR count). The Morgan fingerprint density at radius 3 is 2.48 bits per heavy atom. The molecule has 148 valence electrons. The fourth-order valence-corrected chi connectivity index (χ4v) is 4.03. The Morgan fingerprint density at radius 2 is 1.89 bits per heavy atom. The van der Waals surface area contributed by atoms with Gasteiger partial charge in [0.15, 0.2) is 0 Å². The summed E-state index contributed by atoms with van der Waals surface area (Å²) in [4.78, 5) is 26.7. The summed E-state index contributed by atoms with van der Waals surface area (Å²) < 4.78 is 13.5. The van der Waals surface area contributed by atoms with Crippen molar-refractivity contribution in [3.63, 3.8) is 0 Å². The molecule has 1 aliphatic heterocycles. The molecule has 1 atom stereocenters. The first-order chi connectivity index (χ1) is 12.6. The number of carbonyl (C=O) groups excluding carboxylic acids is 2. The molecule has 0 bridgehead atoms. The molecule has 6 heteroatoms. The molecule has 0 radical (unpaired) electrons. The average molecular weight is 375 g/mol. The summed E-state index contributed by atoms with van der Waals surface area (Å²) in [5.41, 5.74) is 1.06. The number of hydrogen-bond donors (Lipinski definition) is 2. The quantitative estimate of drug-likeness (QED) is 0.850. The largest absolute Gasteiger partial charge is 0.350 e. The number of halogens is 1. The van der Waals surface area contributed by atoms with Crippen molar-refractivity contribution in [3.8, 4) is 0 Å². The van der Waals surface area contributed by atoms with Crippen LogP contribution in [0.25, 0.3) is 0 Å². The van der Waals surface area contributed by atoms with Gasteiger partial charge in [-0.2, -0.15) is 0 Å². The second-order valence-corrected chi connectivity index (χ2v) is 9.18. The number of nitrogens with one attached hydrogen (secondary N) is 2. The maximum absolute atomic E-state index is 13.5. The van der Waals surface area contributed by atoms with E-state index in [1.165, 1.54) is 12.1 Å². The monoisotopic (exact) mass is 375 g/mol. The number of hydrogen-bond acceptors (Lipinski definition) is 3. The maximum atomic E-state index is 13.5. The van der Waals surface area contributed by atoms with Gasteiger partial charge >= 0.3 is 0 Å². The van der Waals surface area contributed by atoms with Crippen molar-refractivity contribution >= 4 is 11.8 Å². The van der Waals surface area contributed by atoms with Crippen molar-refractivity contribution in [3.05, 3.63) is 35.1 Å². The third-order valence-corrected chi connectivity index (χ3v) is 5.53. The fourth-order valence-electron chi connectivity index (χ4n) is 4.03. The highest BCUT2D eigenvalue weighted by Crippen LogP contribution is 2.53. The van der Waals surface area contributed by atoms with Crippen LogP contribution >= 0.6 is 0 Å². The van der Waals surface area contributed by atoms with Crippen molar-refractivity contribution < 1.29 is 14.0 Å². The standard InChI is InChI=1S/C21H30FN3O2/c1-14-9-15(11-16(22)10-14)19(27)23-17-12-21(17)5-7-25(8-6-21)13-18(26)24-20(2,3)4/h9-11,17H,5-8,12-13H2,1-4H3,(H,23,27)(H,24,26). The van der Waals surface area contributed by atoms with Crippen molar-refractivity contribution in [2.45, 2.75) is 58.5 Å². The van der Waals surface area contributed by atoms with Crippen molar-refractivity contribution in [2.24, 2.45) is 5.41 Å². The minimum absolute atomic E-state index is 0.0561. The number of aryl methyl sites for hydroxylation is 1. The van der Waals surface area contributed by atoms with Crippen LogP contribution < -0.4 is 10.6 Å². The van der Waals surface area contributed by atoms with E-state index >= 15 is 0 Å². The van der Waals surface area contributed by atoms with Crippen molar-refractivity contribution in [1.82, 2.24) is 15.5 Å². The van der Waals surface area contributed by atoms with E-state index in [0.29, 0.717) is 12.1 Å². The van der Waals surface area contributed by atoms with Gasteiger partial charge in [0.25, 0.3) is 5.91 Å². The van der Waals surface area contributed by atoms with Crippen LogP contribution in [0.15, 0.2) is 18.2 Å². The number of likely N-dealkylation sites (tertiary alicyclic amines) is 1. The van der Waals surface area contributed by atoms with E-state index in [9.17, 15) is 14.0 Å². The van der Waals surface area contributed by atoms with Crippen LogP contribution in [0.3, 0.4) is 0 Å². The molecule has 1 saturated heterocycles. The number of piperidine rings is 1. The summed E-state index contributed by atoms with van der Waals surface area (Å²) in [6.07, 6.45) is 2.92. The van der Waals surface area contributed by atoms with E-state index in [-0.39, 0.29) is 34.6 Å². The Balaban J connectivity index is 1.48. The van der Waals surface area contributed by atoms with Crippen LogP contribution in [0.1, 0.15) is 56.0 Å². The zero-order valence-corrected chi connectivity index (χ0v) is 16.7. The van der Waals surface area contributed by atoms with E-state index in [0.717, 1.165) is 37.9 Å². The van der Waals surface area contributed by atoms with Crippen molar-refractivity contribution in [1.29, 1.82) is 0 Å². The van der Waals surface area contributed by atoms with E-state index < -0.39 is 0 Å². The maximum Gasteiger partial charge on any atom is 0.251 e. The van der Waals surface area contributed by atoms with Crippen LogP contribution in [0.2, 0.25) is 0 Å². The van der Waals surface area contributed by atoms with Crippen LogP contribution in [0.4, 0.5) is 4.39 Å². The van der Waals surface area contributed by atoms with Crippen LogP contribution in [0.5, 0.6) is 0 Å². The van der Waals surface area contributed by atoms with Crippen LogP contribution in [0, 0.1) is 18.2 Å². The molecule has 1 aliphatic carbocycles. The van der Waals surface area contributed by atoms with Gasteiger partial charge in [-0.1, -0.05) is 0 Å². The van der Waals surface area contributed by atoms with Crippen LogP contribution in [-0.2, 0) is 4.79 Å². The number of nitrogens with zero attached hydrogens (tertiary/aromatic N) is 1. The second-order valence-electron chi connectivity index (χ2n) is 9.18. The lowest BCUT2D eigenvalue weighted by Crippen LogP contribution is -2.48. The molecule has 1 aromatic rings. The number of benzene rings is 1. The Hall–Kier alpha value is -1.95. The van der Waals surface area contributed by atoms with E-state index in [1.807, 2.05) is 20.8 Å². The fraction of sp³-hybridized carbons (Fsp3) is 0.619. The summed E-state index contributed by atoms with van der Waals surface area (Å²) >= 11 is 0.